The van der Waals surface area contributed by atoms with E-state index in [0.29, 0.717) is 12.0 Å². The Bertz CT molecular complexity index is 634. The first-order chi connectivity index (χ1) is 11.0. The number of hydrogen-bond acceptors (Lipinski definition) is 4. The van der Waals surface area contributed by atoms with E-state index in [2.05, 4.69) is 45.8 Å². The Morgan fingerprint density at radius 1 is 1.48 bits per heavy atom. The summed E-state index contributed by atoms with van der Waals surface area (Å²) < 4.78 is 4.68. The summed E-state index contributed by atoms with van der Waals surface area (Å²) in [5.74, 6) is 0.821. The highest BCUT2D eigenvalue weighted by Crippen LogP contribution is 2.38. The topological polar surface area (TPSA) is 67.2 Å². The zero-order valence-corrected chi connectivity index (χ0v) is 15.0. The average Bonchev–Trinajstić information content (AvgIpc) is 2.55. The first kappa shape index (κ1) is 19.1. The van der Waals surface area contributed by atoms with Crippen molar-refractivity contribution in [2.75, 3.05) is 7.11 Å². The van der Waals surface area contributed by atoms with Gasteiger partial charge in [-0.3, -0.25) is 9.59 Å². The number of Topliss-reactive ketones (excluding diaryl/α,β-unsaturated/α-hetero) is 1. The Labute approximate surface area is 145 Å². The van der Waals surface area contributed by atoms with Crippen LogP contribution < -0.4 is 0 Å². The summed E-state index contributed by atoms with van der Waals surface area (Å²) in [4.78, 5) is 20.6. The van der Waals surface area contributed by atoms with Crippen LogP contribution >= 0.6 is 15.9 Å². The monoisotopic (exact) mass is 377 g/mol. The molecule has 23 heavy (non-hydrogen) atoms. The smallest absolute Gasteiger partial charge is 0.292 e. The minimum absolute atomic E-state index is 0.0872. The molecule has 0 N–H and O–H groups in total. The van der Waals surface area contributed by atoms with Crippen molar-refractivity contribution < 1.29 is 14.3 Å². The Morgan fingerprint density at radius 2 is 2.13 bits per heavy atom. The molecule has 0 heterocycles. The fourth-order valence-electron chi connectivity index (χ4n) is 2.80. The summed E-state index contributed by atoms with van der Waals surface area (Å²) in [5.41, 5.74) is 1.75. The molecule has 1 aromatic rings. The van der Waals surface area contributed by atoms with Gasteiger partial charge in [-0.1, -0.05) is 25.1 Å². The maximum atomic E-state index is 11.7. The molecule has 0 spiro atoms. The molecule has 1 aliphatic carbocycles. The lowest BCUT2D eigenvalue weighted by molar-refractivity contribution is -0.126. The molecule has 1 aliphatic rings. The van der Waals surface area contributed by atoms with E-state index >= 15 is 0 Å². The minimum atomic E-state index is 0.0872. The number of nitrogens with zero attached hydrogens (tertiary/aromatic N) is 1. The predicted octanol–water partition coefficient (Wildman–Crippen LogP) is 3.99. The van der Waals surface area contributed by atoms with Crippen LogP contribution in [0.2, 0.25) is 0 Å². The van der Waals surface area contributed by atoms with Crippen LogP contribution in [0.15, 0.2) is 34.8 Å². The summed E-state index contributed by atoms with van der Waals surface area (Å²) >= 11 is 3.37. The number of hydrogen-bond donors (Lipinski definition) is 0. The Hall–Kier alpha value is -1.93. The standard InChI is InChI=1S/C16H16BrNO.C2H4O2/c1-10-14(11(2)19)4-3-5-15(10)12-6-7-16(17)13(8-12)9-18;1-4-2-3/h3,5-8,10,14-15H,4H2,1-2H3;2H,1H3/t10-,14?,15?;/m0./s1. The van der Waals surface area contributed by atoms with Crippen LogP contribution in [-0.2, 0) is 14.3 Å². The van der Waals surface area contributed by atoms with E-state index in [4.69, 9.17) is 10.1 Å². The van der Waals surface area contributed by atoms with Crippen LogP contribution in [0.3, 0.4) is 0 Å². The first-order valence-electron chi connectivity index (χ1n) is 7.29. The molecule has 3 atom stereocenters. The van der Waals surface area contributed by atoms with Crippen LogP contribution in [0.1, 0.15) is 37.3 Å². The largest absolute Gasteiger partial charge is 0.471 e. The number of ketones is 1. The summed E-state index contributed by atoms with van der Waals surface area (Å²) in [6.45, 7) is 4.16. The van der Waals surface area contributed by atoms with Crippen LogP contribution in [0, 0.1) is 23.2 Å². The lowest BCUT2D eigenvalue weighted by atomic mass is 9.72. The average molecular weight is 378 g/mol. The zero-order valence-electron chi connectivity index (χ0n) is 13.5. The second-order valence-corrected chi connectivity index (χ2v) is 6.30. The Kier molecular flexibility index (Phi) is 7.70. The van der Waals surface area contributed by atoms with Crippen LogP contribution in [0.5, 0.6) is 0 Å². The molecule has 0 bridgehead atoms. The predicted molar refractivity (Wildman–Crippen MR) is 91.8 cm³/mol. The summed E-state index contributed by atoms with van der Waals surface area (Å²) in [5, 5.41) is 9.10. The number of carbonyl (C=O) groups excluding carboxylic acids is 2. The van der Waals surface area contributed by atoms with E-state index in [1.165, 1.54) is 7.11 Å². The quantitative estimate of drug-likeness (QED) is 0.589. The molecule has 2 rings (SSSR count). The van der Waals surface area contributed by atoms with E-state index in [-0.39, 0.29) is 23.5 Å². The van der Waals surface area contributed by atoms with Crippen molar-refractivity contribution in [1.82, 2.24) is 0 Å². The molecule has 5 heteroatoms. The number of ether oxygens (including phenoxy) is 1. The molecule has 0 radical (unpaired) electrons. The van der Waals surface area contributed by atoms with Gasteiger partial charge in [0.25, 0.3) is 6.47 Å². The number of carbonyl (C=O) groups is 2. The van der Waals surface area contributed by atoms with E-state index in [9.17, 15) is 4.79 Å². The number of halogens is 1. The van der Waals surface area contributed by atoms with E-state index in [0.717, 1.165) is 16.5 Å². The molecule has 0 saturated carbocycles. The van der Waals surface area contributed by atoms with Gasteiger partial charge in [-0.25, -0.2) is 0 Å². The van der Waals surface area contributed by atoms with E-state index < -0.39 is 0 Å². The van der Waals surface area contributed by atoms with Gasteiger partial charge >= 0.3 is 0 Å². The Morgan fingerprint density at radius 3 is 2.65 bits per heavy atom. The highest BCUT2D eigenvalue weighted by Gasteiger charge is 2.30. The van der Waals surface area contributed by atoms with Gasteiger partial charge in [0.2, 0.25) is 0 Å². The van der Waals surface area contributed by atoms with Gasteiger partial charge in [0.05, 0.1) is 12.7 Å². The van der Waals surface area contributed by atoms with Crippen LogP contribution in [0.4, 0.5) is 0 Å². The minimum Gasteiger partial charge on any atom is -0.471 e. The van der Waals surface area contributed by atoms with Gasteiger partial charge in [-0.05, 0) is 52.9 Å². The van der Waals surface area contributed by atoms with Crippen molar-refractivity contribution in [1.29, 1.82) is 5.26 Å². The van der Waals surface area contributed by atoms with Gasteiger partial charge < -0.3 is 4.74 Å². The van der Waals surface area contributed by atoms with Crippen molar-refractivity contribution in [3.05, 3.63) is 46.0 Å². The van der Waals surface area contributed by atoms with Crippen molar-refractivity contribution in [2.45, 2.75) is 26.2 Å². The number of nitriles is 1. The highest BCUT2D eigenvalue weighted by molar-refractivity contribution is 9.10. The maximum Gasteiger partial charge on any atom is 0.292 e. The Balaban J connectivity index is 0.000000593. The summed E-state index contributed by atoms with van der Waals surface area (Å²) in [7, 11) is 1.31. The normalized spacial score (nSPS) is 22.3. The molecular formula is C18H20BrNO3. The van der Waals surface area contributed by atoms with Crippen molar-refractivity contribution in [3.8, 4) is 6.07 Å². The SMILES string of the molecule is CC(=O)C1CC=CC(c2ccc(Br)c(C#N)c2)[C@H]1C.COC=O. The molecule has 0 saturated heterocycles. The van der Waals surface area contributed by atoms with Crippen molar-refractivity contribution in [2.24, 2.45) is 11.8 Å². The second kappa shape index (κ2) is 9.26. The highest BCUT2D eigenvalue weighted by atomic mass is 79.9. The molecule has 1 aromatic carbocycles. The molecule has 122 valence electrons. The van der Waals surface area contributed by atoms with Crippen molar-refractivity contribution in [3.63, 3.8) is 0 Å². The zero-order chi connectivity index (χ0) is 17.4. The molecule has 0 fully saturated rings. The van der Waals surface area contributed by atoms with Gasteiger partial charge in [0.15, 0.2) is 0 Å². The first-order valence-corrected chi connectivity index (χ1v) is 8.08. The molecule has 2 unspecified atom stereocenters. The summed E-state index contributed by atoms with van der Waals surface area (Å²) in [6, 6.07) is 8.04. The summed E-state index contributed by atoms with van der Waals surface area (Å²) in [6.07, 6.45) is 5.08. The van der Waals surface area contributed by atoms with Gasteiger partial charge in [-0.15, -0.1) is 0 Å². The molecular weight excluding hydrogens is 358 g/mol. The van der Waals surface area contributed by atoms with Crippen molar-refractivity contribution >= 4 is 28.2 Å². The fraction of sp³-hybridized carbons (Fsp3) is 0.389. The second-order valence-electron chi connectivity index (χ2n) is 5.45. The third-order valence-electron chi connectivity index (χ3n) is 4.05. The van der Waals surface area contributed by atoms with Gasteiger partial charge in [-0.2, -0.15) is 5.26 Å². The number of benzene rings is 1. The van der Waals surface area contributed by atoms with Gasteiger partial charge in [0, 0.05) is 16.3 Å². The molecule has 0 aromatic heterocycles. The molecule has 0 amide bonds. The molecule has 4 nitrogen and oxygen atoms in total. The number of rotatable bonds is 3. The van der Waals surface area contributed by atoms with Gasteiger partial charge in [0.1, 0.15) is 11.9 Å². The lowest BCUT2D eigenvalue weighted by Crippen LogP contribution is -2.26. The number of allylic oxidation sites excluding steroid dienone is 2. The van der Waals surface area contributed by atoms with Crippen LogP contribution in [-0.4, -0.2) is 19.4 Å². The number of methoxy groups -OCH3 is 1. The maximum absolute atomic E-state index is 11.7. The fourth-order valence-corrected chi connectivity index (χ4v) is 3.13. The third kappa shape index (κ3) is 5.04. The lowest BCUT2D eigenvalue weighted by Gasteiger charge is -2.31. The van der Waals surface area contributed by atoms with E-state index in [1.54, 1.807) is 6.92 Å². The third-order valence-corrected chi connectivity index (χ3v) is 4.74. The molecule has 0 aliphatic heterocycles. The van der Waals surface area contributed by atoms with Crippen LogP contribution in [0.25, 0.3) is 0 Å². The van der Waals surface area contributed by atoms with E-state index in [1.807, 2.05) is 18.2 Å².